The predicted molar refractivity (Wildman–Crippen MR) is 93.1 cm³/mol. The Hall–Kier alpha value is -2.75. The van der Waals surface area contributed by atoms with Gasteiger partial charge in [0, 0.05) is 24.0 Å². The summed E-state index contributed by atoms with van der Waals surface area (Å²) in [7, 11) is 0. The summed E-state index contributed by atoms with van der Waals surface area (Å²) in [5.74, 6) is 0.598. The number of furan rings is 1. The zero-order chi connectivity index (χ0) is 16.5. The molecule has 0 spiro atoms. The highest BCUT2D eigenvalue weighted by atomic mass is 16.3. The number of phenolic OH excluding ortho intramolecular Hbond substituents is 1. The molecule has 4 nitrogen and oxygen atoms in total. The van der Waals surface area contributed by atoms with Crippen molar-refractivity contribution in [2.24, 2.45) is 0 Å². The lowest BCUT2D eigenvalue weighted by atomic mass is 10.0. The van der Waals surface area contributed by atoms with Crippen LogP contribution in [-0.4, -0.2) is 29.0 Å². The monoisotopic (exact) mass is 321 g/mol. The van der Waals surface area contributed by atoms with Crippen molar-refractivity contribution in [1.82, 2.24) is 4.90 Å². The summed E-state index contributed by atoms with van der Waals surface area (Å²) < 4.78 is 5.91. The molecule has 1 aliphatic heterocycles. The molecule has 0 bridgehead atoms. The van der Waals surface area contributed by atoms with Gasteiger partial charge in [0.25, 0.3) is 5.91 Å². The lowest BCUT2D eigenvalue weighted by Crippen LogP contribution is -2.35. The number of nitrogens with zero attached hydrogens (tertiary/aromatic N) is 1. The molecule has 4 rings (SSSR count). The summed E-state index contributed by atoms with van der Waals surface area (Å²) in [5, 5.41) is 11.0. The minimum atomic E-state index is -0.113. The Morgan fingerprint density at radius 3 is 2.50 bits per heavy atom. The summed E-state index contributed by atoms with van der Waals surface area (Å²) in [6.45, 7) is 1.50. The van der Waals surface area contributed by atoms with E-state index in [9.17, 15) is 9.90 Å². The Kier molecular flexibility index (Phi) is 3.73. The Labute approximate surface area is 140 Å². The molecule has 122 valence electrons. The number of rotatable bonds is 2. The number of carbonyl (C=O) groups is 1. The first-order chi connectivity index (χ1) is 11.7. The van der Waals surface area contributed by atoms with E-state index in [1.54, 1.807) is 6.07 Å². The van der Waals surface area contributed by atoms with Gasteiger partial charge >= 0.3 is 0 Å². The van der Waals surface area contributed by atoms with Crippen molar-refractivity contribution in [2.45, 2.75) is 19.3 Å². The highest BCUT2D eigenvalue weighted by Gasteiger charge is 2.24. The molecule has 1 aliphatic rings. The van der Waals surface area contributed by atoms with Crippen LogP contribution < -0.4 is 0 Å². The highest BCUT2D eigenvalue weighted by molar-refractivity contribution is 6.09. The van der Waals surface area contributed by atoms with E-state index in [0.717, 1.165) is 37.9 Å². The Balaban J connectivity index is 1.81. The molecule has 0 aliphatic carbocycles. The van der Waals surface area contributed by atoms with Gasteiger partial charge in [-0.2, -0.15) is 0 Å². The number of carbonyl (C=O) groups excluding carboxylic acids is 1. The van der Waals surface area contributed by atoms with Crippen LogP contribution in [0.15, 0.2) is 52.9 Å². The predicted octanol–water partition coefficient (Wildman–Crippen LogP) is 4.43. The highest BCUT2D eigenvalue weighted by Crippen LogP contribution is 2.34. The van der Waals surface area contributed by atoms with Crippen LogP contribution in [0.25, 0.3) is 22.3 Å². The van der Waals surface area contributed by atoms with Crippen LogP contribution in [0.4, 0.5) is 0 Å². The number of fused-ring (bicyclic) bond motifs is 1. The van der Waals surface area contributed by atoms with Crippen molar-refractivity contribution in [1.29, 1.82) is 0 Å². The molecule has 4 heteroatoms. The third-order valence-electron chi connectivity index (χ3n) is 4.59. The van der Waals surface area contributed by atoms with Crippen molar-refractivity contribution in [2.75, 3.05) is 13.1 Å². The van der Waals surface area contributed by atoms with Gasteiger partial charge in [0.15, 0.2) is 0 Å². The minimum Gasteiger partial charge on any atom is -0.507 e. The molecule has 0 radical (unpaired) electrons. The smallest absolute Gasteiger partial charge is 0.258 e. The normalized spacial score (nSPS) is 14.9. The summed E-state index contributed by atoms with van der Waals surface area (Å²) in [5.41, 5.74) is 1.91. The average molecular weight is 321 g/mol. The molecule has 24 heavy (non-hydrogen) atoms. The zero-order valence-electron chi connectivity index (χ0n) is 13.4. The standard InChI is InChI=1S/C20H19NO3/c22-16-9-10-17-15(13-18(24-17)14-7-3-1-4-8-14)19(16)20(23)21-11-5-2-6-12-21/h1,3-4,7-10,13,22H,2,5-6,11-12H2. The minimum absolute atomic E-state index is 0.0125. The van der Waals surface area contributed by atoms with Gasteiger partial charge in [-0.25, -0.2) is 0 Å². The molecule has 3 aromatic rings. The van der Waals surface area contributed by atoms with Crippen LogP contribution >= 0.6 is 0 Å². The average Bonchev–Trinajstić information content (AvgIpc) is 3.07. The molecule has 1 aromatic heterocycles. The van der Waals surface area contributed by atoms with Crippen molar-refractivity contribution in [3.8, 4) is 17.1 Å². The molecule has 1 N–H and O–H groups in total. The van der Waals surface area contributed by atoms with Gasteiger partial charge in [0.1, 0.15) is 17.1 Å². The number of aromatic hydroxyl groups is 1. The topological polar surface area (TPSA) is 53.7 Å². The fourth-order valence-electron chi connectivity index (χ4n) is 3.32. The summed E-state index contributed by atoms with van der Waals surface area (Å²) >= 11 is 0. The van der Waals surface area contributed by atoms with Gasteiger partial charge in [0.2, 0.25) is 0 Å². The SMILES string of the molecule is O=C(c1c(O)ccc2oc(-c3ccccc3)cc12)N1CCCCC1. The van der Waals surface area contributed by atoms with Crippen molar-refractivity contribution < 1.29 is 14.3 Å². The summed E-state index contributed by atoms with van der Waals surface area (Å²) in [6.07, 6.45) is 3.19. The third-order valence-corrected chi connectivity index (χ3v) is 4.59. The van der Waals surface area contributed by atoms with E-state index in [0.29, 0.717) is 22.3 Å². The second-order valence-electron chi connectivity index (χ2n) is 6.20. The molecule has 1 amide bonds. The number of benzene rings is 2. The second kappa shape index (κ2) is 6.04. The van der Waals surface area contributed by atoms with Gasteiger partial charge in [-0.05, 0) is 37.5 Å². The van der Waals surface area contributed by atoms with E-state index in [4.69, 9.17) is 4.42 Å². The Morgan fingerprint density at radius 1 is 1.00 bits per heavy atom. The summed E-state index contributed by atoms with van der Waals surface area (Å²) in [4.78, 5) is 14.7. The first-order valence-corrected chi connectivity index (χ1v) is 8.34. The third kappa shape index (κ3) is 2.54. The molecule has 2 heterocycles. The maximum absolute atomic E-state index is 12.9. The van der Waals surface area contributed by atoms with Crippen LogP contribution in [0.2, 0.25) is 0 Å². The first-order valence-electron chi connectivity index (χ1n) is 8.34. The number of phenols is 1. The van der Waals surface area contributed by atoms with Crippen molar-refractivity contribution in [3.05, 3.63) is 54.1 Å². The van der Waals surface area contributed by atoms with Gasteiger partial charge in [-0.15, -0.1) is 0 Å². The van der Waals surface area contributed by atoms with E-state index in [2.05, 4.69) is 0 Å². The fourth-order valence-corrected chi connectivity index (χ4v) is 3.32. The van der Waals surface area contributed by atoms with E-state index >= 15 is 0 Å². The lowest BCUT2D eigenvalue weighted by molar-refractivity contribution is 0.0723. The first kappa shape index (κ1) is 14.8. The molecule has 0 unspecified atom stereocenters. The number of hydrogen-bond acceptors (Lipinski definition) is 3. The molecular weight excluding hydrogens is 302 g/mol. The molecule has 1 fully saturated rings. The van der Waals surface area contributed by atoms with Crippen LogP contribution in [0.3, 0.4) is 0 Å². The van der Waals surface area contributed by atoms with Gasteiger partial charge in [0.05, 0.1) is 5.56 Å². The van der Waals surface area contributed by atoms with E-state index < -0.39 is 0 Å². The fraction of sp³-hybridized carbons (Fsp3) is 0.250. The number of hydrogen-bond donors (Lipinski definition) is 1. The van der Waals surface area contributed by atoms with Crippen molar-refractivity contribution >= 4 is 16.9 Å². The van der Waals surface area contributed by atoms with E-state index in [-0.39, 0.29) is 11.7 Å². The van der Waals surface area contributed by atoms with E-state index in [1.165, 1.54) is 6.07 Å². The molecule has 2 aromatic carbocycles. The molecular formula is C20H19NO3. The maximum atomic E-state index is 12.9. The molecule has 1 saturated heterocycles. The Bertz CT molecular complexity index is 877. The quantitative estimate of drug-likeness (QED) is 0.759. The van der Waals surface area contributed by atoms with Gasteiger partial charge in [-0.1, -0.05) is 30.3 Å². The maximum Gasteiger partial charge on any atom is 0.258 e. The number of piperidine rings is 1. The largest absolute Gasteiger partial charge is 0.507 e. The van der Waals surface area contributed by atoms with Gasteiger partial charge in [-0.3, -0.25) is 4.79 Å². The van der Waals surface area contributed by atoms with Gasteiger partial charge < -0.3 is 14.4 Å². The van der Waals surface area contributed by atoms with Crippen LogP contribution in [0, 0.1) is 0 Å². The zero-order valence-corrected chi connectivity index (χ0v) is 13.4. The molecule has 0 saturated carbocycles. The van der Waals surface area contributed by atoms with Crippen LogP contribution in [0.5, 0.6) is 5.75 Å². The second-order valence-corrected chi connectivity index (χ2v) is 6.20. The van der Waals surface area contributed by atoms with Crippen LogP contribution in [-0.2, 0) is 0 Å². The number of likely N-dealkylation sites (tertiary alicyclic amines) is 1. The Morgan fingerprint density at radius 2 is 1.75 bits per heavy atom. The lowest BCUT2D eigenvalue weighted by Gasteiger charge is -2.27. The van der Waals surface area contributed by atoms with Crippen LogP contribution in [0.1, 0.15) is 29.6 Å². The van der Waals surface area contributed by atoms with E-state index in [1.807, 2.05) is 41.3 Å². The van der Waals surface area contributed by atoms with Crippen molar-refractivity contribution in [3.63, 3.8) is 0 Å². The summed E-state index contributed by atoms with van der Waals surface area (Å²) in [6, 6.07) is 14.9. The number of amides is 1. The molecule has 0 atom stereocenters.